The first-order chi connectivity index (χ1) is 10.8. The third kappa shape index (κ3) is 4.37. The predicted molar refractivity (Wildman–Crippen MR) is 91.3 cm³/mol. The van der Waals surface area contributed by atoms with Crippen LogP contribution < -0.4 is 10.5 Å². The number of hydrogen-bond acceptors (Lipinski definition) is 4. The monoisotopic (exact) mass is 340 g/mol. The largest absolute Gasteiger partial charge is 0.491 e. The maximum absolute atomic E-state index is 12.6. The van der Waals surface area contributed by atoms with Gasteiger partial charge in [0.25, 0.3) is 5.91 Å². The minimum Gasteiger partial charge on any atom is -0.491 e. The number of likely N-dealkylation sites (tertiary alicyclic amines) is 1. The summed E-state index contributed by atoms with van der Waals surface area (Å²) in [5.74, 6) is 0.778. The molecule has 23 heavy (non-hydrogen) atoms. The normalized spacial score (nSPS) is 23.6. The van der Waals surface area contributed by atoms with Crippen LogP contribution in [0.15, 0.2) is 24.3 Å². The molecule has 2 fully saturated rings. The number of nitrogens with two attached hydrogens (primary N) is 1. The molecule has 2 heterocycles. The quantitative estimate of drug-likeness (QED) is 0.892. The molecule has 1 aromatic carbocycles. The number of carbonyl (C=O) groups excluding carboxylic acids is 1. The summed E-state index contributed by atoms with van der Waals surface area (Å²) in [6.45, 7) is 2.69. The van der Waals surface area contributed by atoms with Crippen LogP contribution >= 0.6 is 12.4 Å². The fraction of sp³-hybridized carbons (Fsp3) is 0.588. The average molecular weight is 341 g/mol. The highest BCUT2D eigenvalue weighted by Gasteiger charge is 2.28. The molecule has 2 aliphatic rings. The molecule has 2 saturated heterocycles. The first-order valence-corrected chi connectivity index (χ1v) is 8.13. The number of carbonyl (C=O) groups is 1. The Morgan fingerprint density at radius 1 is 1.35 bits per heavy atom. The van der Waals surface area contributed by atoms with Gasteiger partial charge in [-0.3, -0.25) is 4.79 Å². The summed E-state index contributed by atoms with van der Waals surface area (Å²) < 4.78 is 11.3. The van der Waals surface area contributed by atoms with E-state index >= 15 is 0 Å². The number of amides is 1. The number of nitrogens with zero attached hydrogens (tertiary/aromatic N) is 1. The van der Waals surface area contributed by atoms with Crippen LogP contribution in [0.4, 0.5) is 0 Å². The minimum absolute atomic E-state index is 0. The van der Waals surface area contributed by atoms with Crippen LogP contribution in [0.5, 0.6) is 5.75 Å². The van der Waals surface area contributed by atoms with Crippen molar-refractivity contribution >= 4 is 18.3 Å². The molecule has 5 nitrogen and oxygen atoms in total. The highest BCUT2D eigenvalue weighted by molar-refractivity contribution is 5.95. The second-order valence-electron chi connectivity index (χ2n) is 6.00. The van der Waals surface area contributed by atoms with E-state index in [9.17, 15) is 4.79 Å². The molecule has 0 bridgehead atoms. The van der Waals surface area contributed by atoms with Gasteiger partial charge in [0, 0.05) is 31.3 Å². The Bertz CT molecular complexity index is 520. The Balaban J connectivity index is 0.00000192. The van der Waals surface area contributed by atoms with E-state index in [1.807, 2.05) is 29.2 Å². The molecule has 1 aromatic rings. The summed E-state index contributed by atoms with van der Waals surface area (Å²) in [5, 5.41) is 0. The van der Waals surface area contributed by atoms with Crippen molar-refractivity contribution < 1.29 is 14.3 Å². The van der Waals surface area contributed by atoms with E-state index in [0.29, 0.717) is 18.7 Å². The maximum Gasteiger partial charge on any atom is 0.254 e. The van der Waals surface area contributed by atoms with Crippen LogP contribution in [0.25, 0.3) is 0 Å². The number of ether oxygens (including phenoxy) is 2. The Kier molecular flexibility index (Phi) is 6.69. The van der Waals surface area contributed by atoms with Crippen LogP contribution in [-0.2, 0) is 4.74 Å². The van der Waals surface area contributed by atoms with Crippen LogP contribution in [0.1, 0.15) is 36.0 Å². The summed E-state index contributed by atoms with van der Waals surface area (Å²) in [6.07, 6.45) is 4.35. The van der Waals surface area contributed by atoms with Crippen molar-refractivity contribution in [3.8, 4) is 5.75 Å². The fourth-order valence-electron chi connectivity index (χ4n) is 3.20. The van der Waals surface area contributed by atoms with Crippen molar-refractivity contribution in [1.82, 2.24) is 4.90 Å². The van der Waals surface area contributed by atoms with Crippen molar-refractivity contribution in [3.63, 3.8) is 0 Å². The molecule has 2 atom stereocenters. The molecule has 6 heteroatoms. The van der Waals surface area contributed by atoms with Crippen molar-refractivity contribution in [3.05, 3.63) is 29.8 Å². The average Bonchev–Trinajstić information content (AvgIpc) is 3.23. The Hall–Kier alpha value is -1.30. The number of benzene rings is 1. The van der Waals surface area contributed by atoms with Crippen LogP contribution in [0, 0.1) is 0 Å². The summed E-state index contributed by atoms with van der Waals surface area (Å²) in [4.78, 5) is 14.5. The Morgan fingerprint density at radius 3 is 2.96 bits per heavy atom. The molecular formula is C17H25ClN2O3. The molecule has 0 spiro atoms. The first-order valence-electron chi connectivity index (χ1n) is 8.13. The first kappa shape index (κ1) is 18.0. The zero-order chi connectivity index (χ0) is 15.4. The SMILES string of the molecule is Cl.NCC1CCCN1C(=O)c1cccc(OCC2CCCO2)c1. The summed E-state index contributed by atoms with van der Waals surface area (Å²) in [7, 11) is 0. The summed E-state index contributed by atoms with van der Waals surface area (Å²) in [5.41, 5.74) is 6.43. The van der Waals surface area contributed by atoms with Gasteiger partial charge in [0.2, 0.25) is 0 Å². The van der Waals surface area contributed by atoms with Gasteiger partial charge in [-0.05, 0) is 43.9 Å². The number of hydrogen-bond donors (Lipinski definition) is 1. The lowest BCUT2D eigenvalue weighted by molar-refractivity contribution is 0.0677. The molecular weight excluding hydrogens is 316 g/mol. The molecule has 1 amide bonds. The van der Waals surface area contributed by atoms with Crippen LogP contribution in [0.2, 0.25) is 0 Å². The van der Waals surface area contributed by atoms with E-state index in [1.165, 1.54) is 0 Å². The van der Waals surface area contributed by atoms with E-state index in [-0.39, 0.29) is 30.5 Å². The number of halogens is 1. The van der Waals surface area contributed by atoms with Gasteiger partial charge < -0.3 is 20.1 Å². The van der Waals surface area contributed by atoms with Crippen molar-refractivity contribution in [2.75, 3.05) is 26.3 Å². The zero-order valence-electron chi connectivity index (χ0n) is 13.3. The summed E-state index contributed by atoms with van der Waals surface area (Å²) in [6, 6.07) is 7.59. The minimum atomic E-state index is 0. The van der Waals surface area contributed by atoms with E-state index in [1.54, 1.807) is 0 Å². The van der Waals surface area contributed by atoms with Gasteiger partial charge in [-0.25, -0.2) is 0 Å². The highest BCUT2D eigenvalue weighted by atomic mass is 35.5. The van der Waals surface area contributed by atoms with Crippen LogP contribution in [-0.4, -0.2) is 49.3 Å². The topological polar surface area (TPSA) is 64.8 Å². The predicted octanol–water partition coefficient (Wildman–Crippen LogP) is 2.23. The van der Waals surface area contributed by atoms with Gasteiger partial charge >= 0.3 is 0 Å². The molecule has 0 aromatic heterocycles. The van der Waals surface area contributed by atoms with Gasteiger partial charge in [0.15, 0.2) is 0 Å². The lowest BCUT2D eigenvalue weighted by Crippen LogP contribution is -2.39. The molecule has 0 saturated carbocycles. The second kappa shape index (κ2) is 8.52. The lowest BCUT2D eigenvalue weighted by atomic mass is 10.1. The molecule has 128 valence electrons. The molecule has 2 N–H and O–H groups in total. The maximum atomic E-state index is 12.6. The van der Waals surface area contributed by atoms with E-state index in [2.05, 4.69) is 0 Å². The molecule has 2 aliphatic heterocycles. The third-order valence-corrected chi connectivity index (χ3v) is 4.45. The third-order valence-electron chi connectivity index (χ3n) is 4.45. The lowest BCUT2D eigenvalue weighted by Gasteiger charge is -2.23. The fourth-order valence-corrected chi connectivity index (χ4v) is 3.20. The van der Waals surface area contributed by atoms with E-state index in [4.69, 9.17) is 15.2 Å². The zero-order valence-corrected chi connectivity index (χ0v) is 14.1. The molecule has 3 rings (SSSR count). The van der Waals surface area contributed by atoms with Gasteiger partial charge in [-0.2, -0.15) is 0 Å². The van der Waals surface area contributed by atoms with E-state index < -0.39 is 0 Å². The van der Waals surface area contributed by atoms with Crippen molar-refractivity contribution in [2.45, 2.75) is 37.8 Å². The Morgan fingerprint density at radius 2 is 2.22 bits per heavy atom. The number of rotatable bonds is 5. The highest BCUT2D eigenvalue weighted by Crippen LogP contribution is 2.22. The summed E-state index contributed by atoms with van der Waals surface area (Å²) >= 11 is 0. The molecule has 2 unspecified atom stereocenters. The smallest absolute Gasteiger partial charge is 0.254 e. The van der Waals surface area contributed by atoms with Gasteiger partial charge in [-0.15, -0.1) is 12.4 Å². The van der Waals surface area contributed by atoms with Crippen molar-refractivity contribution in [1.29, 1.82) is 0 Å². The van der Waals surface area contributed by atoms with Gasteiger partial charge in [-0.1, -0.05) is 6.07 Å². The van der Waals surface area contributed by atoms with Gasteiger partial charge in [0.05, 0.1) is 6.10 Å². The second-order valence-corrected chi connectivity index (χ2v) is 6.00. The van der Waals surface area contributed by atoms with E-state index in [0.717, 1.165) is 44.6 Å². The standard InChI is InChI=1S/C17H24N2O3.ClH/c18-11-14-5-2-8-19(14)17(20)13-4-1-6-15(10-13)22-12-16-7-3-9-21-16;/h1,4,6,10,14,16H,2-3,5,7-9,11-12,18H2;1H. The van der Waals surface area contributed by atoms with Gasteiger partial charge in [0.1, 0.15) is 12.4 Å². The molecule has 0 aliphatic carbocycles. The molecule has 0 radical (unpaired) electrons. The Labute approximate surface area is 143 Å². The van der Waals surface area contributed by atoms with Crippen LogP contribution in [0.3, 0.4) is 0 Å². The van der Waals surface area contributed by atoms with Crippen molar-refractivity contribution in [2.24, 2.45) is 5.73 Å².